The lowest BCUT2D eigenvalue weighted by Crippen LogP contribution is -2.30. The van der Waals surface area contributed by atoms with Crippen LogP contribution in [0.15, 0.2) is 36.4 Å². The van der Waals surface area contributed by atoms with Gasteiger partial charge in [0.25, 0.3) is 0 Å². The predicted octanol–water partition coefficient (Wildman–Crippen LogP) is 4.17. The molecule has 3 rings (SSSR count). The fourth-order valence-electron chi connectivity index (χ4n) is 3.94. The first kappa shape index (κ1) is 22.1. The summed E-state index contributed by atoms with van der Waals surface area (Å²) in [5, 5.41) is 24.4. The predicted molar refractivity (Wildman–Crippen MR) is 122 cm³/mol. The zero-order chi connectivity index (χ0) is 21.5. The number of aromatic nitrogens is 1. The summed E-state index contributed by atoms with van der Waals surface area (Å²) < 4.78 is 7.53. The van der Waals surface area contributed by atoms with E-state index in [2.05, 4.69) is 17.1 Å². The summed E-state index contributed by atoms with van der Waals surface area (Å²) in [6.07, 6.45) is 6.48. The van der Waals surface area contributed by atoms with Crippen molar-refractivity contribution in [3.05, 3.63) is 47.5 Å². The van der Waals surface area contributed by atoms with Gasteiger partial charge >= 0.3 is 0 Å². The first-order valence-corrected chi connectivity index (χ1v) is 11.0. The van der Waals surface area contributed by atoms with E-state index in [9.17, 15) is 10.2 Å². The molecule has 0 saturated carbocycles. The summed E-state index contributed by atoms with van der Waals surface area (Å²) in [6.45, 7) is 10.4. The van der Waals surface area contributed by atoms with E-state index >= 15 is 0 Å². The van der Waals surface area contributed by atoms with E-state index in [1.165, 1.54) is 0 Å². The van der Waals surface area contributed by atoms with Crippen molar-refractivity contribution in [2.24, 2.45) is 0 Å². The van der Waals surface area contributed by atoms with Crippen LogP contribution in [0.25, 0.3) is 0 Å². The SMILES string of the molecule is CCN(CCCn1c(O)c2c(c1O)CC=CC2)CCNc1ccccc1OC(C)C. The van der Waals surface area contributed by atoms with Gasteiger partial charge in [-0.15, -0.1) is 0 Å². The van der Waals surface area contributed by atoms with Crippen LogP contribution in [0.1, 0.15) is 38.3 Å². The Balaban J connectivity index is 1.48. The average Bonchev–Trinajstić information content (AvgIpc) is 2.98. The third-order valence-electron chi connectivity index (χ3n) is 5.52. The van der Waals surface area contributed by atoms with Crippen LogP contribution in [0, 0.1) is 0 Å². The van der Waals surface area contributed by atoms with Crippen molar-refractivity contribution in [3.63, 3.8) is 0 Å². The maximum absolute atomic E-state index is 10.5. The molecule has 0 bridgehead atoms. The van der Waals surface area contributed by atoms with E-state index in [4.69, 9.17) is 4.74 Å². The third-order valence-corrected chi connectivity index (χ3v) is 5.52. The van der Waals surface area contributed by atoms with Gasteiger partial charge in [-0.3, -0.25) is 4.57 Å². The van der Waals surface area contributed by atoms with Crippen LogP contribution in [0.4, 0.5) is 5.69 Å². The Kier molecular flexibility index (Phi) is 7.69. The Morgan fingerprint density at radius 1 is 1.07 bits per heavy atom. The van der Waals surface area contributed by atoms with E-state index in [1.54, 1.807) is 4.57 Å². The smallest absolute Gasteiger partial charge is 0.197 e. The molecule has 1 aliphatic carbocycles. The number of rotatable bonds is 11. The number of para-hydroxylation sites is 2. The standard InChI is InChI=1S/C24H35N3O3/c1-4-26(17-14-25-21-12-7-8-13-22(21)30-18(2)3)15-9-16-27-23(28)19-10-5-6-11-20(19)24(27)29/h5-8,12-13,18,25,28-29H,4,9-11,14-17H2,1-3H3. The number of nitrogens with zero attached hydrogens (tertiary/aromatic N) is 2. The second-order valence-electron chi connectivity index (χ2n) is 8.01. The van der Waals surface area contributed by atoms with E-state index in [-0.39, 0.29) is 17.9 Å². The number of nitrogens with one attached hydrogen (secondary N) is 1. The molecule has 6 heteroatoms. The minimum atomic E-state index is 0.142. The van der Waals surface area contributed by atoms with Crippen LogP contribution in [0.2, 0.25) is 0 Å². The summed E-state index contributed by atoms with van der Waals surface area (Å²) in [7, 11) is 0. The van der Waals surface area contributed by atoms with Gasteiger partial charge in [-0.25, -0.2) is 0 Å². The highest BCUT2D eigenvalue weighted by Gasteiger charge is 2.22. The van der Waals surface area contributed by atoms with E-state index < -0.39 is 0 Å². The first-order valence-electron chi connectivity index (χ1n) is 11.0. The van der Waals surface area contributed by atoms with Crippen molar-refractivity contribution in [1.82, 2.24) is 9.47 Å². The highest BCUT2D eigenvalue weighted by molar-refractivity contribution is 5.56. The van der Waals surface area contributed by atoms with Crippen LogP contribution in [0.3, 0.4) is 0 Å². The Hall–Kier alpha value is -2.60. The topological polar surface area (TPSA) is 69.9 Å². The van der Waals surface area contributed by atoms with E-state index in [0.29, 0.717) is 19.4 Å². The largest absolute Gasteiger partial charge is 0.494 e. The molecule has 30 heavy (non-hydrogen) atoms. The van der Waals surface area contributed by atoms with Crippen molar-refractivity contribution in [2.75, 3.05) is 31.5 Å². The number of allylic oxidation sites excluding steroid dienone is 2. The third kappa shape index (κ3) is 5.30. The molecule has 0 aliphatic heterocycles. The fraction of sp³-hybridized carbons (Fsp3) is 0.500. The van der Waals surface area contributed by atoms with E-state index in [1.807, 2.05) is 50.3 Å². The first-order chi connectivity index (χ1) is 14.5. The molecule has 0 unspecified atom stereocenters. The summed E-state index contributed by atoms with van der Waals surface area (Å²) in [6, 6.07) is 8.03. The molecule has 6 nitrogen and oxygen atoms in total. The number of ether oxygens (including phenoxy) is 1. The molecular weight excluding hydrogens is 378 g/mol. The zero-order valence-electron chi connectivity index (χ0n) is 18.4. The van der Waals surface area contributed by atoms with Crippen molar-refractivity contribution >= 4 is 5.69 Å². The summed E-state index contributed by atoms with van der Waals surface area (Å²) >= 11 is 0. The lowest BCUT2D eigenvalue weighted by molar-refractivity contribution is 0.243. The van der Waals surface area contributed by atoms with Crippen molar-refractivity contribution in [3.8, 4) is 17.5 Å². The summed E-state index contributed by atoms with van der Waals surface area (Å²) in [5.41, 5.74) is 2.76. The lowest BCUT2D eigenvalue weighted by Gasteiger charge is -2.22. The minimum absolute atomic E-state index is 0.142. The van der Waals surface area contributed by atoms with Gasteiger partial charge in [-0.2, -0.15) is 0 Å². The number of benzene rings is 1. The zero-order valence-corrected chi connectivity index (χ0v) is 18.4. The van der Waals surface area contributed by atoms with Gasteiger partial charge in [-0.05, 0) is 58.3 Å². The second-order valence-corrected chi connectivity index (χ2v) is 8.01. The highest BCUT2D eigenvalue weighted by atomic mass is 16.5. The van der Waals surface area contributed by atoms with Gasteiger partial charge in [0.2, 0.25) is 0 Å². The molecule has 1 heterocycles. The number of likely N-dealkylation sites (N-methyl/N-ethyl adjacent to an activating group) is 1. The van der Waals surface area contributed by atoms with Gasteiger partial charge in [0, 0.05) is 30.8 Å². The van der Waals surface area contributed by atoms with Gasteiger partial charge < -0.3 is 25.2 Å². The number of anilines is 1. The maximum Gasteiger partial charge on any atom is 0.197 e. The molecule has 3 N–H and O–H groups in total. The highest BCUT2D eigenvalue weighted by Crippen LogP contribution is 2.36. The Morgan fingerprint density at radius 2 is 1.73 bits per heavy atom. The monoisotopic (exact) mass is 413 g/mol. The maximum atomic E-state index is 10.5. The quantitative estimate of drug-likeness (QED) is 0.483. The summed E-state index contributed by atoms with van der Waals surface area (Å²) in [5.74, 6) is 1.32. The van der Waals surface area contributed by atoms with Crippen LogP contribution < -0.4 is 10.1 Å². The molecule has 1 aromatic heterocycles. The molecule has 0 atom stereocenters. The van der Waals surface area contributed by atoms with E-state index in [0.717, 1.165) is 55.2 Å². The number of hydrogen-bond acceptors (Lipinski definition) is 5. The van der Waals surface area contributed by atoms with Gasteiger partial charge in [0.15, 0.2) is 11.8 Å². The van der Waals surface area contributed by atoms with Gasteiger partial charge in [-0.1, -0.05) is 31.2 Å². The minimum Gasteiger partial charge on any atom is -0.494 e. The van der Waals surface area contributed by atoms with Crippen molar-refractivity contribution < 1.29 is 14.9 Å². The molecule has 1 aliphatic rings. The van der Waals surface area contributed by atoms with Gasteiger partial charge in [0.05, 0.1) is 11.8 Å². The normalized spacial score (nSPS) is 13.1. The molecule has 0 radical (unpaired) electrons. The number of fused-ring (bicyclic) bond motifs is 1. The van der Waals surface area contributed by atoms with Crippen LogP contribution >= 0.6 is 0 Å². The molecule has 0 fully saturated rings. The Labute approximate surface area is 179 Å². The molecule has 0 spiro atoms. The summed E-state index contributed by atoms with van der Waals surface area (Å²) in [4.78, 5) is 2.37. The van der Waals surface area contributed by atoms with Crippen LogP contribution in [-0.4, -0.2) is 52.0 Å². The molecular formula is C24H35N3O3. The fourth-order valence-corrected chi connectivity index (χ4v) is 3.94. The van der Waals surface area contributed by atoms with Crippen molar-refractivity contribution in [2.45, 2.75) is 52.7 Å². The molecule has 164 valence electrons. The Bertz CT molecular complexity index is 826. The second kappa shape index (κ2) is 10.4. The number of hydrogen-bond donors (Lipinski definition) is 3. The molecule has 1 aromatic carbocycles. The number of aromatic hydroxyl groups is 2. The van der Waals surface area contributed by atoms with Crippen LogP contribution in [-0.2, 0) is 19.4 Å². The lowest BCUT2D eigenvalue weighted by atomic mass is 10.0. The Morgan fingerprint density at radius 3 is 2.37 bits per heavy atom. The molecule has 2 aromatic rings. The average molecular weight is 414 g/mol. The van der Waals surface area contributed by atoms with Crippen molar-refractivity contribution in [1.29, 1.82) is 0 Å². The van der Waals surface area contributed by atoms with Crippen LogP contribution in [0.5, 0.6) is 17.5 Å². The molecule has 0 amide bonds. The van der Waals surface area contributed by atoms with Gasteiger partial charge in [0.1, 0.15) is 5.75 Å². The molecule has 0 saturated heterocycles.